The van der Waals surface area contributed by atoms with E-state index in [1.54, 1.807) is 0 Å². The zero-order valence-corrected chi connectivity index (χ0v) is 17.6. The molecule has 0 spiro atoms. The van der Waals surface area contributed by atoms with E-state index in [9.17, 15) is 0 Å². The lowest BCUT2D eigenvalue weighted by Crippen LogP contribution is -3.00. The van der Waals surface area contributed by atoms with Crippen LogP contribution in [0, 0.1) is 0 Å². The largest absolute Gasteiger partial charge is 1.00 e. The molecule has 0 N–H and O–H groups in total. The van der Waals surface area contributed by atoms with Crippen LogP contribution in [0.25, 0.3) is 31.3 Å². The van der Waals surface area contributed by atoms with Gasteiger partial charge in [0.05, 0.1) is 10.8 Å². The summed E-state index contributed by atoms with van der Waals surface area (Å²) >= 11 is 1.86. The maximum absolute atomic E-state index is 2.32. The Morgan fingerprint density at radius 2 is 1.11 bits per heavy atom. The second kappa shape index (κ2) is 7.71. The van der Waals surface area contributed by atoms with E-state index in [4.69, 9.17) is 0 Å². The molecule has 1 heterocycles. The summed E-state index contributed by atoms with van der Waals surface area (Å²) in [6.45, 7) is 0. The van der Waals surface area contributed by atoms with E-state index in [0.29, 0.717) is 0 Å². The Hall–Kier alpha value is -2.36. The number of benzene rings is 3. The van der Waals surface area contributed by atoms with E-state index in [1.807, 2.05) is 11.3 Å². The molecule has 0 unspecified atom stereocenters. The van der Waals surface area contributed by atoms with Crippen molar-refractivity contribution in [1.29, 1.82) is 0 Å². The maximum Gasteiger partial charge on any atom is 0.239 e. The average molecular weight is 395 g/mol. The van der Waals surface area contributed by atoms with Crippen molar-refractivity contribution in [3.63, 3.8) is 0 Å². The molecule has 0 saturated carbocycles. The van der Waals surface area contributed by atoms with Crippen LogP contribution in [0.5, 0.6) is 0 Å². The highest BCUT2D eigenvalue weighted by atomic mass is 35.5. The molecule has 0 aliphatic heterocycles. The first-order valence-corrected chi connectivity index (χ1v) is 9.60. The molecule has 0 amide bonds. The first-order valence-electron chi connectivity index (χ1n) is 8.78. The standard InChI is InChI=1S/C23H23N2S.ClH/c1-24(2)17-10-12-21-19(14-17)23(16-8-6-5-7-9-16)20-15-18(25(3)4)11-13-22(20)26-21;/h5-15H,1-4H3;1H/q+1;/p-1. The minimum absolute atomic E-state index is 0. The highest BCUT2D eigenvalue weighted by Crippen LogP contribution is 2.41. The van der Waals surface area contributed by atoms with Crippen LogP contribution in [0.1, 0.15) is 0 Å². The van der Waals surface area contributed by atoms with Gasteiger partial charge in [0.25, 0.3) is 0 Å². The number of halogens is 1. The zero-order chi connectivity index (χ0) is 18.3. The number of anilines is 2. The van der Waals surface area contributed by atoms with Gasteiger partial charge in [-0.1, -0.05) is 30.3 Å². The van der Waals surface area contributed by atoms with Crippen LogP contribution in [-0.4, -0.2) is 28.2 Å². The molecule has 0 saturated heterocycles. The van der Waals surface area contributed by atoms with Gasteiger partial charge in [-0.2, -0.15) is 0 Å². The molecule has 0 bridgehead atoms. The Morgan fingerprint density at radius 3 is 1.56 bits per heavy atom. The second-order valence-electron chi connectivity index (χ2n) is 6.99. The van der Waals surface area contributed by atoms with Crippen molar-refractivity contribution < 1.29 is 12.4 Å². The van der Waals surface area contributed by atoms with Gasteiger partial charge in [-0.05, 0) is 29.8 Å². The van der Waals surface area contributed by atoms with Gasteiger partial charge >= 0.3 is 0 Å². The van der Waals surface area contributed by atoms with Gasteiger partial charge in [-0.3, -0.25) is 0 Å². The monoisotopic (exact) mass is 394 g/mol. The van der Waals surface area contributed by atoms with Gasteiger partial charge in [0.2, 0.25) is 20.7 Å². The minimum atomic E-state index is 0. The van der Waals surface area contributed by atoms with Crippen LogP contribution >= 0.6 is 11.3 Å². The maximum atomic E-state index is 2.32. The molecule has 0 atom stereocenters. The molecule has 138 valence electrons. The summed E-state index contributed by atoms with van der Waals surface area (Å²) in [4.78, 5) is 4.33. The normalized spacial score (nSPS) is 10.7. The van der Waals surface area contributed by atoms with Gasteiger partial charge in [0, 0.05) is 57.3 Å². The van der Waals surface area contributed by atoms with Crippen molar-refractivity contribution in [2.45, 2.75) is 0 Å². The van der Waals surface area contributed by atoms with Gasteiger partial charge in [-0.15, -0.1) is 0 Å². The molecule has 1 aromatic heterocycles. The first-order chi connectivity index (χ1) is 12.5. The Labute approximate surface area is 171 Å². The summed E-state index contributed by atoms with van der Waals surface area (Å²) in [7, 11) is 8.38. The highest BCUT2D eigenvalue weighted by molar-refractivity contribution is 7.24. The van der Waals surface area contributed by atoms with Crippen LogP contribution in [-0.2, 0) is 0 Å². The molecular weight excluding hydrogens is 372 g/mol. The number of hydrogen-bond donors (Lipinski definition) is 0. The summed E-state index contributed by atoms with van der Waals surface area (Å²) in [5, 5.41) is 2.63. The van der Waals surface area contributed by atoms with E-state index < -0.39 is 0 Å². The summed E-state index contributed by atoms with van der Waals surface area (Å²) in [6, 6.07) is 24.3. The SMILES string of the molecule is CN(C)c1ccc2[s+]c3ccc(N(C)C)cc3c(-c3ccccc3)c2c1.[Cl-]. The van der Waals surface area contributed by atoms with Crippen LogP contribution < -0.4 is 22.2 Å². The zero-order valence-electron chi connectivity index (χ0n) is 16.0. The van der Waals surface area contributed by atoms with E-state index in [0.717, 1.165) is 0 Å². The van der Waals surface area contributed by atoms with E-state index in [1.165, 1.54) is 42.7 Å². The third-order valence-corrected chi connectivity index (χ3v) is 5.93. The van der Waals surface area contributed by atoms with Crippen LogP contribution in [0.3, 0.4) is 0 Å². The van der Waals surface area contributed by atoms with Crippen LogP contribution in [0.4, 0.5) is 11.4 Å². The molecule has 0 fully saturated rings. The van der Waals surface area contributed by atoms with E-state index >= 15 is 0 Å². The number of nitrogens with zero attached hydrogens (tertiary/aromatic N) is 2. The Balaban J connectivity index is 0.00000210. The van der Waals surface area contributed by atoms with Crippen molar-refractivity contribution in [2.24, 2.45) is 0 Å². The van der Waals surface area contributed by atoms with Crippen LogP contribution in [0.15, 0.2) is 66.7 Å². The van der Waals surface area contributed by atoms with Crippen molar-refractivity contribution in [2.75, 3.05) is 38.0 Å². The molecule has 0 radical (unpaired) electrons. The predicted octanol–water partition coefficient (Wildman–Crippen LogP) is 3.14. The molecule has 4 aromatic rings. The lowest BCUT2D eigenvalue weighted by atomic mass is 9.97. The summed E-state index contributed by atoms with van der Waals surface area (Å²) in [5.41, 5.74) is 5.04. The van der Waals surface area contributed by atoms with Gasteiger partial charge in [0.1, 0.15) is 0 Å². The fourth-order valence-electron chi connectivity index (χ4n) is 3.34. The second-order valence-corrected chi connectivity index (χ2v) is 8.08. The van der Waals surface area contributed by atoms with Crippen LogP contribution in [0.2, 0.25) is 0 Å². The quantitative estimate of drug-likeness (QED) is 0.389. The number of fused-ring (bicyclic) bond motifs is 2. The average Bonchev–Trinajstić information content (AvgIpc) is 2.65. The summed E-state index contributed by atoms with van der Waals surface area (Å²) in [5.74, 6) is 0. The molecule has 0 aliphatic rings. The molecule has 27 heavy (non-hydrogen) atoms. The Morgan fingerprint density at radius 1 is 0.630 bits per heavy atom. The third-order valence-electron chi connectivity index (χ3n) is 4.78. The summed E-state index contributed by atoms with van der Waals surface area (Å²) < 4.78 is 2.64. The van der Waals surface area contributed by atoms with E-state index in [2.05, 4.69) is 105 Å². The molecule has 3 aromatic carbocycles. The van der Waals surface area contributed by atoms with Crippen molar-refractivity contribution in [3.8, 4) is 11.1 Å². The topological polar surface area (TPSA) is 6.48 Å². The molecule has 4 rings (SSSR count). The molecular formula is C23H23ClN2S. The predicted molar refractivity (Wildman–Crippen MR) is 118 cm³/mol. The summed E-state index contributed by atoms with van der Waals surface area (Å²) in [6.07, 6.45) is 0. The van der Waals surface area contributed by atoms with Crippen molar-refractivity contribution >= 4 is 42.9 Å². The van der Waals surface area contributed by atoms with Crippen molar-refractivity contribution in [1.82, 2.24) is 0 Å². The van der Waals surface area contributed by atoms with E-state index in [-0.39, 0.29) is 12.4 Å². The van der Waals surface area contributed by atoms with Gasteiger partial charge in [-0.25, -0.2) is 0 Å². The first kappa shape index (κ1) is 19.4. The fraction of sp³-hybridized carbons (Fsp3) is 0.174. The minimum Gasteiger partial charge on any atom is -1.00 e. The smallest absolute Gasteiger partial charge is 0.239 e. The molecule has 2 nitrogen and oxygen atoms in total. The highest BCUT2D eigenvalue weighted by Gasteiger charge is 2.20. The molecule has 0 aliphatic carbocycles. The number of rotatable bonds is 3. The lowest BCUT2D eigenvalue weighted by molar-refractivity contribution is -0.00000505. The third kappa shape index (κ3) is 3.58. The Kier molecular flexibility index (Phi) is 5.54. The fourth-order valence-corrected chi connectivity index (χ4v) is 4.39. The van der Waals surface area contributed by atoms with Crippen molar-refractivity contribution in [3.05, 3.63) is 66.7 Å². The number of hydrogen-bond acceptors (Lipinski definition) is 2. The molecule has 4 heteroatoms. The lowest BCUT2D eigenvalue weighted by Gasteiger charge is -2.15. The Bertz CT molecular complexity index is 1030. The van der Waals surface area contributed by atoms with Gasteiger partial charge in [0.15, 0.2) is 0 Å². The van der Waals surface area contributed by atoms with Gasteiger partial charge < -0.3 is 22.2 Å².